The zero-order valence-electron chi connectivity index (χ0n) is 11.3. The van der Waals surface area contributed by atoms with Gasteiger partial charge in [-0.3, -0.25) is 4.90 Å². The first kappa shape index (κ1) is 14.0. The smallest absolute Gasteiger partial charge is 0.0125 e. The van der Waals surface area contributed by atoms with Gasteiger partial charge < -0.3 is 0 Å². The summed E-state index contributed by atoms with van der Waals surface area (Å²) in [6.45, 7) is 18.6. The molecule has 0 aromatic heterocycles. The SMILES string of the molecule is CCCN(CCC(C)(C)C)C(C)(C)C. The van der Waals surface area contributed by atoms with Gasteiger partial charge in [0.25, 0.3) is 0 Å². The van der Waals surface area contributed by atoms with Gasteiger partial charge in [-0.05, 0) is 52.1 Å². The molecular formula is C13H29N. The van der Waals surface area contributed by atoms with E-state index in [9.17, 15) is 0 Å². The summed E-state index contributed by atoms with van der Waals surface area (Å²) in [5.41, 5.74) is 0.776. The van der Waals surface area contributed by atoms with Crippen LogP contribution in [0.3, 0.4) is 0 Å². The third-order valence-electron chi connectivity index (χ3n) is 2.57. The molecular weight excluding hydrogens is 170 g/mol. The Kier molecular flexibility index (Phi) is 5.14. The van der Waals surface area contributed by atoms with E-state index in [2.05, 4.69) is 53.4 Å². The summed E-state index contributed by atoms with van der Waals surface area (Å²) in [6.07, 6.45) is 2.53. The molecule has 14 heavy (non-hydrogen) atoms. The predicted octanol–water partition coefficient (Wildman–Crippen LogP) is 3.93. The molecule has 0 aliphatic rings. The molecule has 0 saturated carbocycles. The summed E-state index contributed by atoms with van der Waals surface area (Å²) < 4.78 is 0. The molecule has 0 aliphatic heterocycles. The predicted molar refractivity (Wildman–Crippen MR) is 65.7 cm³/mol. The van der Waals surface area contributed by atoms with E-state index in [1.807, 2.05) is 0 Å². The second kappa shape index (κ2) is 5.16. The van der Waals surface area contributed by atoms with Crippen molar-refractivity contribution in [2.45, 2.75) is 66.8 Å². The lowest BCUT2D eigenvalue weighted by Crippen LogP contribution is -2.43. The Bertz CT molecular complexity index is 148. The molecule has 0 heterocycles. The fourth-order valence-corrected chi connectivity index (χ4v) is 1.52. The Labute approximate surface area is 90.9 Å². The van der Waals surface area contributed by atoms with E-state index in [-0.39, 0.29) is 0 Å². The summed E-state index contributed by atoms with van der Waals surface area (Å²) in [5.74, 6) is 0. The van der Waals surface area contributed by atoms with Gasteiger partial charge in [0.15, 0.2) is 0 Å². The average molecular weight is 199 g/mol. The van der Waals surface area contributed by atoms with Crippen molar-refractivity contribution in [3.63, 3.8) is 0 Å². The summed E-state index contributed by atoms with van der Waals surface area (Å²) >= 11 is 0. The van der Waals surface area contributed by atoms with Crippen LogP contribution < -0.4 is 0 Å². The molecule has 0 aromatic rings. The molecule has 0 saturated heterocycles. The van der Waals surface area contributed by atoms with Crippen LogP contribution in [0.4, 0.5) is 0 Å². The lowest BCUT2D eigenvalue weighted by Gasteiger charge is -2.37. The summed E-state index contributed by atoms with van der Waals surface area (Å²) in [6, 6.07) is 0. The Morgan fingerprint density at radius 3 is 1.64 bits per heavy atom. The fourth-order valence-electron chi connectivity index (χ4n) is 1.52. The first-order valence-corrected chi connectivity index (χ1v) is 5.92. The maximum absolute atomic E-state index is 2.60. The molecule has 0 aliphatic carbocycles. The topological polar surface area (TPSA) is 3.24 Å². The zero-order chi connectivity index (χ0) is 11.4. The minimum Gasteiger partial charge on any atom is -0.298 e. The normalized spacial score (nSPS) is 13.7. The van der Waals surface area contributed by atoms with E-state index in [1.165, 1.54) is 25.9 Å². The Morgan fingerprint density at radius 2 is 1.36 bits per heavy atom. The molecule has 0 spiro atoms. The van der Waals surface area contributed by atoms with Crippen molar-refractivity contribution < 1.29 is 0 Å². The van der Waals surface area contributed by atoms with E-state index in [0.717, 1.165) is 0 Å². The van der Waals surface area contributed by atoms with Crippen LogP contribution >= 0.6 is 0 Å². The van der Waals surface area contributed by atoms with Gasteiger partial charge in [-0.2, -0.15) is 0 Å². The highest BCUT2D eigenvalue weighted by Crippen LogP contribution is 2.22. The zero-order valence-corrected chi connectivity index (χ0v) is 11.3. The van der Waals surface area contributed by atoms with Crippen molar-refractivity contribution in [1.29, 1.82) is 0 Å². The van der Waals surface area contributed by atoms with Crippen LogP contribution in [0, 0.1) is 5.41 Å². The van der Waals surface area contributed by atoms with E-state index in [4.69, 9.17) is 0 Å². The van der Waals surface area contributed by atoms with Gasteiger partial charge in [0, 0.05) is 5.54 Å². The van der Waals surface area contributed by atoms with E-state index in [1.54, 1.807) is 0 Å². The summed E-state index contributed by atoms with van der Waals surface area (Å²) in [4.78, 5) is 2.60. The second-order valence-electron chi connectivity index (χ2n) is 6.47. The van der Waals surface area contributed by atoms with Gasteiger partial charge in [0.1, 0.15) is 0 Å². The molecule has 0 atom stereocenters. The molecule has 1 heteroatoms. The maximum atomic E-state index is 2.60. The van der Waals surface area contributed by atoms with Crippen molar-refractivity contribution >= 4 is 0 Å². The molecule has 0 N–H and O–H groups in total. The Morgan fingerprint density at radius 1 is 0.857 bits per heavy atom. The lowest BCUT2D eigenvalue weighted by molar-refractivity contribution is 0.118. The van der Waals surface area contributed by atoms with E-state index in [0.29, 0.717) is 11.0 Å². The van der Waals surface area contributed by atoms with Crippen LogP contribution in [0.25, 0.3) is 0 Å². The van der Waals surface area contributed by atoms with Crippen molar-refractivity contribution in [3.8, 4) is 0 Å². The highest BCUT2D eigenvalue weighted by atomic mass is 15.2. The quantitative estimate of drug-likeness (QED) is 0.663. The van der Waals surface area contributed by atoms with Crippen LogP contribution in [0.5, 0.6) is 0 Å². The molecule has 0 amide bonds. The van der Waals surface area contributed by atoms with Gasteiger partial charge in [-0.25, -0.2) is 0 Å². The van der Waals surface area contributed by atoms with Gasteiger partial charge in [-0.15, -0.1) is 0 Å². The molecule has 0 bridgehead atoms. The Balaban J connectivity index is 4.12. The van der Waals surface area contributed by atoms with E-state index < -0.39 is 0 Å². The highest BCUT2D eigenvalue weighted by molar-refractivity contribution is 4.77. The standard InChI is InChI=1S/C13H29N/c1-8-10-14(13(5,6)7)11-9-12(2,3)4/h8-11H2,1-7H3. The highest BCUT2D eigenvalue weighted by Gasteiger charge is 2.22. The average Bonchev–Trinajstić information content (AvgIpc) is 1.93. The Hall–Kier alpha value is -0.0400. The minimum atomic E-state index is 0.321. The van der Waals surface area contributed by atoms with Crippen molar-refractivity contribution in [1.82, 2.24) is 4.90 Å². The monoisotopic (exact) mass is 199 g/mol. The van der Waals surface area contributed by atoms with Crippen LogP contribution in [0.2, 0.25) is 0 Å². The van der Waals surface area contributed by atoms with Crippen LogP contribution in [0.15, 0.2) is 0 Å². The van der Waals surface area contributed by atoms with Gasteiger partial charge in [-0.1, -0.05) is 27.7 Å². The van der Waals surface area contributed by atoms with Crippen molar-refractivity contribution in [3.05, 3.63) is 0 Å². The van der Waals surface area contributed by atoms with Crippen molar-refractivity contribution in [2.75, 3.05) is 13.1 Å². The van der Waals surface area contributed by atoms with Crippen LogP contribution in [-0.2, 0) is 0 Å². The molecule has 0 rings (SSSR count). The lowest BCUT2D eigenvalue weighted by atomic mass is 9.91. The third-order valence-corrected chi connectivity index (χ3v) is 2.57. The number of hydrogen-bond acceptors (Lipinski definition) is 1. The van der Waals surface area contributed by atoms with Gasteiger partial charge >= 0.3 is 0 Å². The molecule has 0 unspecified atom stereocenters. The molecule has 0 aromatic carbocycles. The summed E-state index contributed by atoms with van der Waals surface area (Å²) in [5, 5.41) is 0. The second-order valence-corrected chi connectivity index (χ2v) is 6.47. The number of nitrogens with zero attached hydrogens (tertiary/aromatic N) is 1. The molecule has 0 fully saturated rings. The minimum absolute atomic E-state index is 0.321. The molecule has 86 valence electrons. The van der Waals surface area contributed by atoms with Crippen LogP contribution in [0.1, 0.15) is 61.3 Å². The third kappa shape index (κ3) is 6.42. The fraction of sp³-hybridized carbons (Fsp3) is 1.00. The first-order chi connectivity index (χ1) is 6.17. The molecule has 1 nitrogen and oxygen atoms in total. The summed E-state index contributed by atoms with van der Waals surface area (Å²) in [7, 11) is 0. The largest absolute Gasteiger partial charge is 0.298 e. The van der Waals surface area contributed by atoms with E-state index >= 15 is 0 Å². The van der Waals surface area contributed by atoms with Crippen LogP contribution in [-0.4, -0.2) is 23.5 Å². The maximum Gasteiger partial charge on any atom is 0.0125 e. The van der Waals surface area contributed by atoms with Gasteiger partial charge in [0.05, 0.1) is 0 Å². The number of hydrogen-bond donors (Lipinski definition) is 0. The van der Waals surface area contributed by atoms with Crippen molar-refractivity contribution in [2.24, 2.45) is 5.41 Å². The first-order valence-electron chi connectivity index (χ1n) is 5.92. The molecule has 0 radical (unpaired) electrons. The van der Waals surface area contributed by atoms with Gasteiger partial charge in [0.2, 0.25) is 0 Å². The number of rotatable bonds is 4.